The minimum atomic E-state index is -0.351. The van der Waals surface area contributed by atoms with Gasteiger partial charge in [-0.2, -0.15) is 5.26 Å². The molecule has 20 heavy (non-hydrogen) atoms. The molecule has 0 saturated carbocycles. The van der Waals surface area contributed by atoms with Gasteiger partial charge in [-0.1, -0.05) is 13.8 Å². The predicted molar refractivity (Wildman–Crippen MR) is 82.3 cm³/mol. The van der Waals surface area contributed by atoms with E-state index >= 15 is 0 Å². The zero-order chi connectivity index (χ0) is 15.3. The Morgan fingerprint density at radius 3 is 2.65 bits per heavy atom. The molecular formula is C15H22N2O2S. The molecule has 0 N–H and O–H groups in total. The number of nitrogens with zero attached hydrogens (tertiary/aromatic N) is 2. The molecule has 1 heterocycles. The van der Waals surface area contributed by atoms with Gasteiger partial charge in [0.05, 0.1) is 23.3 Å². The van der Waals surface area contributed by atoms with E-state index in [0.29, 0.717) is 23.8 Å². The van der Waals surface area contributed by atoms with Crippen LogP contribution in [0.1, 0.15) is 34.1 Å². The van der Waals surface area contributed by atoms with Crippen molar-refractivity contribution < 1.29 is 9.53 Å². The van der Waals surface area contributed by atoms with Gasteiger partial charge in [-0.3, -0.25) is 0 Å². The highest BCUT2D eigenvalue weighted by atomic mass is 32.2. The molecule has 0 bridgehead atoms. The summed E-state index contributed by atoms with van der Waals surface area (Å²) in [5.74, 6) is -0.413. The minimum Gasteiger partial charge on any atom is -0.463 e. The molecule has 0 radical (unpaired) electrons. The third kappa shape index (κ3) is 3.63. The summed E-state index contributed by atoms with van der Waals surface area (Å²) in [6.45, 7) is 8.13. The smallest absolute Gasteiger partial charge is 0.336 e. The van der Waals surface area contributed by atoms with Crippen molar-refractivity contribution >= 4 is 22.8 Å². The zero-order valence-electron chi connectivity index (χ0n) is 12.8. The Labute approximate surface area is 125 Å². The number of carbonyl (C=O) groups is 1. The van der Waals surface area contributed by atoms with Gasteiger partial charge in [-0.05, 0) is 32.4 Å². The van der Waals surface area contributed by atoms with Crippen LogP contribution in [-0.2, 0) is 9.53 Å². The number of ether oxygens (including phenoxy) is 1. The first kappa shape index (κ1) is 16.8. The van der Waals surface area contributed by atoms with Crippen molar-refractivity contribution in [1.29, 1.82) is 5.26 Å². The largest absolute Gasteiger partial charge is 0.463 e. The van der Waals surface area contributed by atoms with Crippen LogP contribution >= 0.6 is 11.8 Å². The molecule has 0 aromatic heterocycles. The van der Waals surface area contributed by atoms with Crippen molar-refractivity contribution in [2.24, 2.45) is 22.7 Å². The number of rotatable bonds is 4. The lowest BCUT2D eigenvalue weighted by Gasteiger charge is -2.30. The van der Waals surface area contributed by atoms with Crippen LogP contribution in [0.5, 0.6) is 0 Å². The SMILES string of the molecule is CCOC(=O)C1=C(C)N=C(SC)[C@@H](C#N)[C@H]1CC(C)C. The van der Waals surface area contributed by atoms with Crippen LogP contribution in [0.3, 0.4) is 0 Å². The lowest BCUT2D eigenvalue weighted by molar-refractivity contribution is -0.139. The maximum Gasteiger partial charge on any atom is 0.336 e. The number of allylic oxidation sites excluding steroid dienone is 1. The van der Waals surface area contributed by atoms with Gasteiger partial charge in [0.25, 0.3) is 0 Å². The number of hydrogen-bond acceptors (Lipinski definition) is 5. The van der Waals surface area contributed by atoms with E-state index in [2.05, 4.69) is 24.9 Å². The zero-order valence-corrected chi connectivity index (χ0v) is 13.6. The Morgan fingerprint density at radius 2 is 2.20 bits per heavy atom. The van der Waals surface area contributed by atoms with Crippen LogP contribution in [0.15, 0.2) is 16.3 Å². The normalized spacial score (nSPS) is 22.6. The summed E-state index contributed by atoms with van der Waals surface area (Å²) in [6, 6.07) is 2.31. The first-order chi connectivity index (χ1) is 9.46. The van der Waals surface area contributed by atoms with Crippen molar-refractivity contribution in [3.8, 4) is 6.07 Å². The fourth-order valence-electron chi connectivity index (χ4n) is 2.49. The van der Waals surface area contributed by atoms with Crippen LogP contribution in [0.2, 0.25) is 0 Å². The Bertz CT molecular complexity index is 475. The molecule has 2 atom stereocenters. The third-order valence-corrected chi connectivity index (χ3v) is 4.04. The van der Waals surface area contributed by atoms with Crippen molar-refractivity contribution in [1.82, 2.24) is 0 Å². The second kappa shape index (κ2) is 7.49. The molecular weight excluding hydrogens is 272 g/mol. The van der Waals surface area contributed by atoms with Crippen molar-refractivity contribution in [2.75, 3.05) is 12.9 Å². The van der Waals surface area contributed by atoms with Crippen molar-refractivity contribution in [3.63, 3.8) is 0 Å². The van der Waals surface area contributed by atoms with Crippen LogP contribution in [0.4, 0.5) is 0 Å². The molecule has 1 rings (SSSR count). The highest BCUT2D eigenvalue weighted by molar-refractivity contribution is 8.13. The maximum absolute atomic E-state index is 12.2. The number of carbonyl (C=O) groups excluding carboxylic acids is 1. The fraction of sp³-hybridized carbons (Fsp3) is 0.667. The second-order valence-corrected chi connectivity index (χ2v) is 6.04. The number of aliphatic imine (C=N–C) groups is 1. The summed E-state index contributed by atoms with van der Waals surface area (Å²) in [5, 5.41) is 10.3. The van der Waals surface area contributed by atoms with Gasteiger partial charge in [0.2, 0.25) is 0 Å². The van der Waals surface area contributed by atoms with Gasteiger partial charge in [0, 0.05) is 11.6 Å². The average Bonchev–Trinajstić information content (AvgIpc) is 2.37. The van der Waals surface area contributed by atoms with Crippen LogP contribution < -0.4 is 0 Å². The molecule has 5 heteroatoms. The van der Waals surface area contributed by atoms with Gasteiger partial charge < -0.3 is 4.74 Å². The number of nitriles is 1. The highest BCUT2D eigenvalue weighted by Gasteiger charge is 2.38. The summed E-state index contributed by atoms with van der Waals surface area (Å²) >= 11 is 1.48. The van der Waals surface area contributed by atoms with Crippen LogP contribution in [0.25, 0.3) is 0 Å². The Morgan fingerprint density at radius 1 is 1.55 bits per heavy atom. The Kier molecular flexibility index (Phi) is 6.28. The first-order valence-corrected chi connectivity index (χ1v) is 8.08. The Balaban J connectivity index is 3.27. The summed E-state index contributed by atoms with van der Waals surface area (Å²) in [4.78, 5) is 16.6. The third-order valence-electron chi connectivity index (χ3n) is 3.28. The standard InChI is InChI=1S/C15H22N2O2S/c1-6-19-15(18)13-10(4)17-14(20-5)12(8-16)11(13)7-9(2)3/h9,11-12H,6-7H2,1-5H3/t11-,12+/m1/s1. The van der Waals surface area contributed by atoms with Gasteiger partial charge in [-0.25, -0.2) is 9.79 Å². The molecule has 0 fully saturated rings. The van der Waals surface area contributed by atoms with E-state index in [1.807, 2.05) is 13.2 Å². The molecule has 4 nitrogen and oxygen atoms in total. The molecule has 0 spiro atoms. The topological polar surface area (TPSA) is 62.4 Å². The average molecular weight is 294 g/mol. The summed E-state index contributed by atoms with van der Waals surface area (Å²) in [5.41, 5.74) is 1.26. The van der Waals surface area contributed by atoms with Crippen molar-refractivity contribution in [2.45, 2.75) is 34.1 Å². The second-order valence-electron chi connectivity index (χ2n) is 5.22. The molecule has 0 aliphatic carbocycles. The molecule has 1 aliphatic heterocycles. The molecule has 0 aromatic carbocycles. The lowest BCUT2D eigenvalue weighted by atomic mass is 9.79. The first-order valence-electron chi connectivity index (χ1n) is 6.86. The maximum atomic E-state index is 12.2. The number of esters is 1. The number of thioether (sulfide) groups is 1. The molecule has 1 aliphatic rings. The number of hydrogen-bond donors (Lipinski definition) is 0. The minimum absolute atomic E-state index is 0.126. The molecule has 0 unspecified atom stereocenters. The van der Waals surface area contributed by atoms with E-state index in [1.165, 1.54) is 11.8 Å². The Hall–Kier alpha value is -1.28. The summed E-state index contributed by atoms with van der Waals surface area (Å²) in [7, 11) is 0. The van der Waals surface area contributed by atoms with Crippen molar-refractivity contribution in [3.05, 3.63) is 11.3 Å². The van der Waals surface area contributed by atoms with Gasteiger partial charge in [-0.15, -0.1) is 11.8 Å². The van der Waals surface area contributed by atoms with Gasteiger partial charge in [0.15, 0.2) is 0 Å². The monoisotopic (exact) mass is 294 g/mol. The van der Waals surface area contributed by atoms with Gasteiger partial charge >= 0.3 is 5.97 Å². The van der Waals surface area contributed by atoms with Gasteiger partial charge in [0.1, 0.15) is 5.92 Å². The van der Waals surface area contributed by atoms with E-state index in [9.17, 15) is 10.1 Å². The molecule has 110 valence electrons. The van der Waals surface area contributed by atoms with E-state index in [-0.39, 0.29) is 17.8 Å². The predicted octanol–water partition coefficient (Wildman–Crippen LogP) is 3.40. The lowest BCUT2D eigenvalue weighted by Crippen LogP contribution is -2.31. The summed E-state index contributed by atoms with van der Waals surface area (Å²) < 4.78 is 5.14. The van der Waals surface area contributed by atoms with E-state index in [1.54, 1.807) is 6.92 Å². The van der Waals surface area contributed by atoms with Crippen LogP contribution in [-0.4, -0.2) is 23.9 Å². The molecule has 0 amide bonds. The van der Waals surface area contributed by atoms with E-state index in [0.717, 1.165) is 11.5 Å². The van der Waals surface area contributed by atoms with Crippen LogP contribution in [0, 0.1) is 29.1 Å². The molecule has 0 aromatic rings. The van der Waals surface area contributed by atoms with E-state index < -0.39 is 0 Å². The molecule has 0 saturated heterocycles. The quantitative estimate of drug-likeness (QED) is 0.745. The van der Waals surface area contributed by atoms with E-state index in [4.69, 9.17) is 4.74 Å². The fourth-order valence-corrected chi connectivity index (χ4v) is 3.19. The highest BCUT2D eigenvalue weighted by Crippen LogP contribution is 2.37. The summed E-state index contributed by atoms with van der Waals surface area (Å²) in [6.07, 6.45) is 2.70.